The topological polar surface area (TPSA) is 90.9 Å². The first-order valence-electron chi connectivity index (χ1n) is 28.2. The number of ether oxygens (including phenoxy) is 7. The van der Waals surface area contributed by atoms with E-state index < -0.39 is 43.9 Å². The van der Waals surface area contributed by atoms with E-state index in [1.165, 1.54) is 0 Å². The number of carbonyl (C=O) groups is 1. The molecule has 0 N–H and O–H groups in total. The highest BCUT2D eigenvalue weighted by atomic mass is 28.4. The fourth-order valence-corrected chi connectivity index (χ4v) is 15.3. The second-order valence-corrected chi connectivity index (χ2v) is 26.0. The SMILES string of the molecule is CC(=O)c1c(O[Si](c2ccccc2)(c2ccccc2)C(C)(C)C)cc(OCc2ccccc2)c([C@@H]2OC(COCc3ccccc3)[C@@H](OCc3ccccc3)C(OCc3ccccc3)[C@@H]2OCc2ccccc2)c1OCc1ccccc1. The van der Waals surface area contributed by atoms with E-state index in [1.807, 2.05) is 200 Å². The van der Waals surface area contributed by atoms with Crippen molar-refractivity contribution in [2.45, 2.75) is 103 Å². The first-order valence-corrected chi connectivity index (χ1v) is 30.1. The Morgan fingerprint density at radius 2 is 0.805 bits per heavy atom. The van der Waals surface area contributed by atoms with Gasteiger partial charge in [0.1, 0.15) is 66.5 Å². The molecule has 1 aliphatic rings. The number of benzene rings is 9. The lowest BCUT2D eigenvalue weighted by Gasteiger charge is -2.47. The van der Waals surface area contributed by atoms with Crippen LogP contribution in [0.15, 0.2) is 249 Å². The predicted molar refractivity (Wildman–Crippen MR) is 325 cm³/mol. The molecule has 10 rings (SSSR count). The van der Waals surface area contributed by atoms with Crippen LogP contribution in [0.3, 0.4) is 0 Å². The molecule has 1 saturated heterocycles. The van der Waals surface area contributed by atoms with Crippen molar-refractivity contribution < 1.29 is 42.4 Å². The van der Waals surface area contributed by atoms with Crippen LogP contribution in [0.1, 0.15) is 83.1 Å². The van der Waals surface area contributed by atoms with Crippen LogP contribution in [0.2, 0.25) is 5.04 Å². The van der Waals surface area contributed by atoms with E-state index in [1.54, 1.807) is 6.92 Å². The number of carbonyl (C=O) groups excluding carboxylic acids is 1. The maximum Gasteiger partial charge on any atom is 0.319 e. The summed E-state index contributed by atoms with van der Waals surface area (Å²) in [5, 5.41) is 1.59. The summed E-state index contributed by atoms with van der Waals surface area (Å²) in [6.45, 7) is 9.58. The van der Waals surface area contributed by atoms with E-state index in [2.05, 4.69) is 69.3 Å². The second kappa shape index (κ2) is 27.7. The zero-order chi connectivity index (χ0) is 56.6. The van der Waals surface area contributed by atoms with Crippen LogP contribution in [0.5, 0.6) is 17.2 Å². The van der Waals surface area contributed by atoms with Crippen molar-refractivity contribution in [1.82, 2.24) is 0 Å². The highest BCUT2D eigenvalue weighted by molar-refractivity contribution is 7.00. The average molecular weight is 1110 g/mol. The standard InChI is InChI=1S/C72H72O9Si/c1-53(73)65-63(81-82(72(2,3)4,60-41-25-11-26-42-60)61-43-27-12-28-44-61)45-62(75-47-55-31-15-6-16-32-55)66(68(65)77-49-57-35-19-8-20-36-57)69-71(79-51-59-39-23-10-24-40-59)70(78-50-58-37-21-9-22-38-58)67(76-48-56-33-17-7-18-34-56)64(80-69)52-74-46-54-29-13-5-14-30-54/h5-45,64,67,69-71H,46-52H2,1-4H3/t64?,67-,69+,70?,71-/m1/s1. The molecule has 418 valence electrons. The Labute approximate surface area is 484 Å². The first kappa shape index (κ1) is 57.3. The smallest absolute Gasteiger partial charge is 0.319 e. The predicted octanol–water partition coefficient (Wildman–Crippen LogP) is 14.4. The molecule has 2 unspecified atom stereocenters. The van der Waals surface area contributed by atoms with Crippen molar-refractivity contribution in [3.05, 3.63) is 293 Å². The number of Topliss-reactive ketones (excluding diaryl/α,β-unsaturated/α-hetero) is 1. The Morgan fingerprint density at radius 3 is 1.22 bits per heavy atom. The highest BCUT2D eigenvalue weighted by Crippen LogP contribution is 2.51. The third kappa shape index (κ3) is 14.0. The molecule has 10 heteroatoms. The molecule has 9 aromatic rings. The van der Waals surface area contributed by atoms with E-state index >= 15 is 4.79 Å². The fourth-order valence-electron chi connectivity index (χ4n) is 10.9. The Hall–Kier alpha value is -7.93. The summed E-state index contributed by atoms with van der Waals surface area (Å²) in [7, 11) is -3.43. The van der Waals surface area contributed by atoms with E-state index in [9.17, 15) is 0 Å². The van der Waals surface area contributed by atoms with Crippen LogP contribution >= 0.6 is 0 Å². The molecule has 9 aromatic carbocycles. The maximum absolute atomic E-state index is 15.2. The van der Waals surface area contributed by atoms with E-state index in [4.69, 9.17) is 37.6 Å². The van der Waals surface area contributed by atoms with Gasteiger partial charge in [-0.1, -0.05) is 263 Å². The van der Waals surface area contributed by atoms with Crippen LogP contribution in [-0.4, -0.2) is 45.1 Å². The molecule has 82 heavy (non-hydrogen) atoms. The van der Waals surface area contributed by atoms with Gasteiger partial charge in [-0.25, -0.2) is 0 Å². The Kier molecular flexibility index (Phi) is 19.4. The van der Waals surface area contributed by atoms with Gasteiger partial charge in [-0.2, -0.15) is 0 Å². The molecule has 1 aliphatic heterocycles. The third-order valence-corrected chi connectivity index (χ3v) is 19.8. The minimum atomic E-state index is -3.43. The van der Waals surface area contributed by atoms with Crippen LogP contribution in [0, 0.1) is 0 Å². The number of ketones is 1. The maximum atomic E-state index is 15.2. The van der Waals surface area contributed by atoms with Crippen LogP contribution in [0.25, 0.3) is 0 Å². The van der Waals surface area contributed by atoms with Gasteiger partial charge < -0.3 is 37.6 Å². The fraction of sp³-hybridized carbons (Fsp3) is 0.236. The Bertz CT molecular complexity index is 3330. The van der Waals surface area contributed by atoms with E-state index in [0.29, 0.717) is 23.7 Å². The molecule has 5 atom stereocenters. The summed E-state index contributed by atoms with van der Waals surface area (Å²) in [5.74, 6) is 0.700. The van der Waals surface area contributed by atoms with E-state index in [-0.39, 0.29) is 56.7 Å². The number of hydrogen-bond acceptors (Lipinski definition) is 9. The average Bonchev–Trinajstić information content (AvgIpc) is 1.57. The van der Waals surface area contributed by atoms with E-state index in [0.717, 1.165) is 43.8 Å². The quantitative estimate of drug-likeness (QED) is 0.0410. The largest absolute Gasteiger partial charge is 0.533 e. The molecular weight excluding hydrogens is 1040 g/mol. The van der Waals surface area contributed by atoms with Crippen LogP contribution in [0.4, 0.5) is 0 Å². The van der Waals surface area contributed by atoms with Crippen molar-refractivity contribution in [2.75, 3.05) is 6.61 Å². The van der Waals surface area contributed by atoms with Crippen LogP contribution < -0.4 is 24.3 Å². The van der Waals surface area contributed by atoms with Crippen molar-refractivity contribution >= 4 is 24.5 Å². The summed E-state index contributed by atoms with van der Waals surface area (Å²) >= 11 is 0. The zero-order valence-electron chi connectivity index (χ0n) is 47.2. The summed E-state index contributed by atoms with van der Waals surface area (Å²) in [4.78, 5) is 15.2. The molecule has 0 aromatic heterocycles. The third-order valence-electron chi connectivity index (χ3n) is 14.9. The van der Waals surface area contributed by atoms with Gasteiger partial charge in [-0.15, -0.1) is 0 Å². The van der Waals surface area contributed by atoms with Gasteiger partial charge in [0, 0.05) is 6.07 Å². The monoisotopic (exact) mass is 1110 g/mol. The van der Waals surface area contributed by atoms with Crippen molar-refractivity contribution in [3.63, 3.8) is 0 Å². The van der Waals surface area contributed by atoms with Gasteiger partial charge >= 0.3 is 8.32 Å². The number of rotatable bonds is 25. The summed E-state index contributed by atoms with van der Waals surface area (Å²) in [6.07, 6.45) is -4.29. The molecule has 0 amide bonds. The van der Waals surface area contributed by atoms with Crippen molar-refractivity contribution in [3.8, 4) is 17.2 Å². The zero-order valence-corrected chi connectivity index (χ0v) is 48.2. The molecule has 0 radical (unpaired) electrons. The van der Waals surface area contributed by atoms with Gasteiger partial charge in [0.05, 0.1) is 38.6 Å². The van der Waals surface area contributed by atoms with Crippen molar-refractivity contribution in [2.24, 2.45) is 0 Å². The summed E-state index contributed by atoms with van der Waals surface area (Å²) in [5.41, 5.74) is 6.43. The highest BCUT2D eigenvalue weighted by Gasteiger charge is 2.54. The Morgan fingerprint density at radius 1 is 0.439 bits per heavy atom. The van der Waals surface area contributed by atoms with Crippen LogP contribution in [-0.2, 0) is 63.3 Å². The minimum Gasteiger partial charge on any atom is -0.533 e. The molecule has 0 bridgehead atoms. The van der Waals surface area contributed by atoms with Crippen molar-refractivity contribution in [1.29, 1.82) is 0 Å². The molecule has 9 nitrogen and oxygen atoms in total. The molecule has 0 spiro atoms. The normalized spacial score (nSPS) is 17.2. The van der Waals surface area contributed by atoms with Gasteiger partial charge in [0.2, 0.25) is 0 Å². The van der Waals surface area contributed by atoms with Gasteiger partial charge in [-0.05, 0) is 55.7 Å². The summed E-state index contributed by atoms with van der Waals surface area (Å²) < 4.78 is 58.6. The second-order valence-electron chi connectivity index (χ2n) is 21.7. The lowest BCUT2D eigenvalue weighted by atomic mass is 9.88. The first-order chi connectivity index (χ1) is 40.1. The molecule has 0 saturated carbocycles. The number of hydrogen-bond donors (Lipinski definition) is 0. The van der Waals surface area contributed by atoms with Gasteiger partial charge in [0.25, 0.3) is 0 Å². The molecular formula is C72H72O9Si. The lowest BCUT2D eigenvalue weighted by Crippen LogP contribution is -2.69. The molecule has 1 fully saturated rings. The summed E-state index contributed by atoms with van der Waals surface area (Å²) in [6, 6.07) is 83.0. The molecule has 0 aliphatic carbocycles. The Balaban J connectivity index is 1.22. The van der Waals surface area contributed by atoms with Gasteiger partial charge in [-0.3, -0.25) is 4.79 Å². The lowest BCUT2D eigenvalue weighted by molar-refractivity contribution is -0.275. The van der Waals surface area contributed by atoms with Gasteiger partial charge in [0.15, 0.2) is 5.78 Å². The minimum absolute atomic E-state index is 0.0948. The molecule has 1 heterocycles.